The van der Waals surface area contributed by atoms with E-state index < -0.39 is 10.8 Å². The molecule has 1 aliphatic heterocycles. The second-order valence-electron chi connectivity index (χ2n) is 6.07. The van der Waals surface area contributed by atoms with Gasteiger partial charge in [0.25, 0.3) is 17.5 Å². The van der Waals surface area contributed by atoms with Crippen LogP contribution >= 0.6 is 23.2 Å². The molecule has 3 rings (SSSR count). The molecule has 0 radical (unpaired) electrons. The van der Waals surface area contributed by atoms with Crippen LogP contribution in [0.15, 0.2) is 36.4 Å². The summed E-state index contributed by atoms with van der Waals surface area (Å²) in [5, 5.41) is 14.0. The molecular weight excluding hydrogens is 393 g/mol. The zero-order valence-corrected chi connectivity index (χ0v) is 15.6. The SMILES string of the molecule is O=C(Nc1ccc(Cl)cc1C(=O)N1CCCC1)c1ccc(Cl)c([N+](=O)[O-])c1. The van der Waals surface area contributed by atoms with Crippen LogP contribution in [-0.2, 0) is 0 Å². The Hall–Kier alpha value is -2.64. The molecule has 0 bridgehead atoms. The first-order valence-corrected chi connectivity index (χ1v) is 8.96. The summed E-state index contributed by atoms with van der Waals surface area (Å²) in [5.74, 6) is -0.806. The average molecular weight is 408 g/mol. The Morgan fingerprint density at radius 3 is 2.44 bits per heavy atom. The van der Waals surface area contributed by atoms with E-state index >= 15 is 0 Å². The Labute approximate surface area is 165 Å². The number of carbonyl (C=O) groups excluding carboxylic acids is 2. The molecule has 0 spiro atoms. The van der Waals surface area contributed by atoms with Crippen molar-refractivity contribution in [3.63, 3.8) is 0 Å². The van der Waals surface area contributed by atoms with Gasteiger partial charge >= 0.3 is 0 Å². The van der Waals surface area contributed by atoms with E-state index in [-0.39, 0.29) is 27.7 Å². The summed E-state index contributed by atoms with van der Waals surface area (Å²) in [7, 11) is 0. The van der Waals surface area contributed by atoms with Gasteiger partial charge in [0.15, 0.2) is 0 Å². The molecule has 2 aromatic rings. The summed E-state index contributed by atoms with van der Waals surface area (Å²) in [6.45, 7) is 1.31. The summed E-state index contributed by atoms with van der Waals surface area (Å²) < 4.78 is 0. The van der Waals surface area contributed by atoms with Crippen LogP contribution in [0, 0.1) is 10.1 Å². The smallest absolute Gasteiger partial charge is 0.288 e. The van der Waals surface area contributed by atoms with Crippen LogP contribution in [0.4, 0.5) is 11.4 Å². The van der Waals surface area contributed by atoms with Gasteiger partial charge in [0.1, 0.15) is 5.02 Å². The van der Waals surface area contributed by atoms with Crippen molar-refractivity contribution >= 4 is 46.4 Å². The number of nitrogens with one attached hydrogen (secondary N) is 1. The van der Waals surface area contributed by atoms with E-state index in [2.05, 4.69) is 5.32 Å². The van der Waals surface area contributed by atoms with E-state index in [1.54, 1.807) is 11.0 Å². The van der Waals surface area contributed by atoms with Gasteiger partial charge in [-0.05, 0) is 43.2 Å². The van der Waals surface area contributed by atoms with Crippen molar-refractivity contribution in [2.24, 2.45) is 0 Å². The van der Waals surface area contributed by atoms with Crippen LogP contribution in [0.5, 0.6) is 0 Å². The molecule has 2 amide bonds. The normalized spacial score (nSPS) is 13.5. The van der Waals surface area contributed by atoms with Gasteiger partial charge in [0.05, 0.1) is 16.2 Å². The van der Waals surface area contributed by atoms with E-state index in [0.29, 0.717) is 23.8 Å². The van der Waals surface area contributed by atoms with E-state index in [4.69, 9.17) is 23.2 Å². The van der Waals surface area contributed by atoms with Crippen LogP contribution in [-0.4, -0.2) is 34.7 Å². The predicted octanol–water partition coefficient (Wildman–Crippen LogP) is 4.39. The number of likely N-dealkylation sites (tertiary alicyclic amines) is 1. The van der Waals surface area contributed by atoms with Crippen molar-refractivity contribution in [1.29, 1.82) is 0 Å². The highest BCUT2D eigenvalue weighted by Gasteiger charge is 2.24. The molecule has 7 nitrogen and oxygen atoms in total. The number of anilines is 1. The molecule has 1 heterocycles. The third-order valence-corrected chi connectivity index (χ3v) is 4.81. The highest BCUT2D eigenvalue weighted by atomic mass is 35.5. The van der Waals surface area contributed by atoms with Crippen LogP contribution in [0.1, 0.15) is 33.6 Å². The molecule has 0 atom stereocenters. The Morgan fingerprint density at radius 1 is 1.07 bits per heavy atom. The summed E-state index contributed by atoms with van der Waals surface area (Å²) in [6.07, 6.45) is 1.87. The molecular formula is C18H15Cl2N3O4. The van der Waals surface area contributed by atoms with E-state index in [1.807, 2.05) is 0 Å². The van der Waals surface area contributed by atoms with Crippen LogP contribution in [0.2, 0.25) is 10.0 Å². The Morgan fingerprint density at radius 2 is 1.78 bits per heavy atom. The maximum absolute atomic E-state index is 12.7. The number of halogens is 2. The maximum atomic E-state index is 12.7. The number of carbonyl (C=O) groups is 2. The molecule has 0 saturated carbocycles. The molecule has 140 valence electrons. The number of amides is 2. The first kappa shape index (κ1) is 19.1. The van der Waals surface area contributed by atoms with Crippen molar-refractivity contribution in [3.8, 4) is 0 Å². The lowest BCUT2D eigenvalue weighted by Gasteiger charge is -2.18. The predicted molar refractivity (Wildman–Crippen MR) is 103 cm³/mol. The first-order chi connectivity index (χ1) is 12.9. The second kappa shape index (κ2) is 7.94. The number of nitro groups is 1. The summed E-state index contributed by atoms with van der Waals surface area (Å²) in [4.78, 5) is 37.3. The minimum Gasteiger partial charge on any atom is -0.339 e. The number of nitro benzene ring substituents is 1. The van der Waals surface area contributed by atoms with Gasteiger partial charge in [-0.1, -0.05) is 23.2 Å². The number of rotatable bonds is 4. The van der Waals surface area contributed by atoms with Crippen LogP contribution in [0.3, 0.4) is 0 Å². The Balaban J connectivity index is 1.89. The molecule has 0 unspecified atom stereocenters. The fourth-order valence-corrected chi connectivity index (χ4v) is 3.24. The summed E-state index contributed by atoms with van der Waals surface area (Å²) in [6, 6.07) is 8.35. The molecule has 1 aliphatic rings. The molecule has 1 N–H and O–H groups in total. The zero-order chi connectivity index (χ0) is 19.6. The molecule has 2 aromatic carbocycles. The highest BCUT2D eigenvalue weighted by molar-refractivity contribution is 6.33. The molecule has 0 aliphatic carbocycles. The highest BCUT2D eigenvalue weighted by Crippen LogP contribution is 2.27. The van der Waals surface area contributed by atoms with Gasteiger partial charge in [-0.3, -0.25) is 19.7 Å². The largest absolute Gasteiger partial charge is 0.339 e. The lowest BCUT2D eigenvalue weighted by molar-refractivity contribution is -0.384. The molecule has 27 heavy (non-hydrogen) atoms. The van der Waals surface area contributed by atoms with Gasteiger partial charge in [-0.2, -0.15) is 0 Å². The van der Waals surface area contributed by atoms with Gasteiger partial charge in [-0.25, -0.2) is 0 Å². The fourth-order valence-electron chi connectivity index (χ4n) is 2.88. The van der Waals surface area contributed by atoms with Crippen molar-refractivity contribution in [3.05, 3.63) is 67.7 Å². The van der Waals surface area contributed by atoms with Crippen molar-refractivity contribution in [1.82, 2.24) is 4.90 Å². The van der Waals surface area contributed by atoms with Crippen molar-refractivity contribution in [2.45, 2.75) is 12.8 Å². The van der Waals surface area contributed by atoms with Crippen LogP contribution in [0.25, 0.3) is 0 Å². The number of benzene rings is 2. The quantitative estimate of drug-likeness (QED) is 0.600. The zero-order valence-electron chi connectivity index (χ0n) is 14.1. The number of hydrogen-bond donors (Lipinski definition) is 1. The van der Waals surface area contributed by atoms with Crippen molar-refractivity contribution in [2.75, 3.05) is 18.4 Å². The average Bonchev–Trinajstić information content (AvgIpc) is 3.17. The third-order valence-electron chi connectivity index (χ3n) is 4.26. The van der Waals surface area contributed by atoms with Gasteiger partial charge in [0.2, 0.25) is 0 Å². The van der Waals surface area contributed by atoms with Gasteiger partial charge in [-0.15, -0.1) is 0 Å². The molecule has 9 heteroatoms. The molecule has 1 fully saturated rings. The lowest BCUT2D eigenvalue weighted by atomic mass is 10.1. The number of nitrogens with zero attached hydrogens (tertiary/aromatic N) is 2. The topological polar surface area (TPSA) is 92.6 Å². The minimum atomic E-state index is -0.663. The molecule has 0 aromatic heterocycles. The fraction of sp³-hybridized carbons (Fsp3) is 0.222. The summed E-state index contributed by atoms with van der Waals surface area (Å²) in [5.41, 5.74) is 0.259. The maximum Gasteiger partial charge on any atom is 0.288 e. The first-order valence-electron chi connectivity index (χ1n) is 8.21. The van der Waals surface area contributed by atoms with E-state index in [1.165, 1.54) is 24.3 Å². The standard InChI is InChI=1S/C18H15Cl2N3O4/c19-12-4-6-15(13(10-12)18(25)22-7-1-2-8-22)21-17(24)11-3-5-14(20)16(9-11)23(26)27/h3-6,9-10H,1-2,7-8H2,(H,21,24). The second-order valence-corrected chi connectivity index (χ2v) is 6.91. The van der Waals surface area contributed by atoms with E-state index in [0.717, 1.165) is 18.9 Å². The van der Waals surface area contributed by atoms with Crippen LogP contribution < -0.4 is 5.32 Å². The Kier molecular flexibility index (Phi) is 5.62. The van der Waals surface area contributed by atoms with Gasteiger partial charge in [0, 0.05) is 29.7 Å². The lowest BCUT2D eigenvalue weighted by Crippen LogP contribution is -2.28. The number of hydrogen-bond acceptors (Lipinski definition) is 4. The Bertz CT molecular complexity index is 927. The van der Waals surface area contributed by atoms with E-state index in [9.17, 15) is 19.7 Å². The minimum absolute atomic E-state index is 0.0561. The molecule has 1 saturated heterocycles. The third kappa shape index (κ3) is 4.20. The monoisotopic (exact) mass is 407 g/mol. The summed E-state index contributed by atoms with van der Waals surface area (Å²) >= 11 is 11.8. The van der Waals surface area contributed by atoms with Crippen molar-refractivity contribution < 1.29 is 14.5 Å². The van der Waals surface area contributed by atoms with Gasteiger partial charge < -0.3 is 10.2 Å².